The van der Waals surface area contributed by atoms with Gasteiger partial charge in [-0.05, 0) is 12.8 Å². The Labute approximate surface area is 263 Å². The first-order valence-electron chi connectivity index (χ1n) is 19.1. The Kier molecular flexibility index (Phi) is 29.4. The number of hydrogen-bond acceptors (Lipinski definition) is 2. The monoisotopic (exact) mass is 592 g/mol. The van der Waals surface area contributed by atoms with Crippen LogP contribution >= 0.6 is 0 Å². The number of aliphatic hydroxyl groups excluding tert-OH is 1. The van der Waals surface area contributed by atoms with E-state index < -0.39 is 0 Å². The van der Waals surface area contributed by atoms with Crippen LogP contribution in [0.4, 0.5) is 0 Å². The molecule has 1 aromatic rings. The van der Waals surface area contributed by atoms with Crippen molar-refractivity contribution in [1.82, 2.24) is 4.57 Å². The molecule has 0 bridgehead atoms. The maximum atomic E-state index is 9.51. The number of nitrogens with zero attached hydrogens (tertiary/aromatic N) is 2. The van der Waals surface area contributed by atoms with Crippen molar-refractivity contribution in [2.24, 2.45) is 0 Å². The summed E-state index contributed by atoms with van der Waals surface area (Å²) >= 11 is 0. The van der Waals surface area contributed by atoms with E-state index in [4.69, 9.17) is 4.74 Å². The first-order chi connectivity index (χ1) is 20.8. The fraction of sp³-hybridized carbons (Fsp3) is 0.921. The molecule has 0 unspecified atom stereocenters. The maximum Gasteiger partial charge on any atom is 0.256 e. The number of rotatable bonds is 34. The second kappa shape index (κ2) is 31.6. The van der Waals surface area contributed by atoms with Crippen LogP contribution in [0.15, 0.2) is 12.4 Å². The molecule has 42 heavy (non-hydrogen) atoms. The minimum Gasteiger partial charge on any atom is -0.392 e. The lowest BCUT2D eigenvalue weighted by Gasteiger charge is -2.07. The maximum absolute atomic E-state index is 9.51. The summed E-state index contributed by atoms with van der Waals surface area (Å²) in [4.78, 5) is 0. The first kappa shape index (κ1) is 39.2. The van der Waals surface area contributed by atoms with Crippen molar-refractivity contribution in [3.63, 3.8) is 0 Å². The number of imidazole rings is 1. The second-order valence-corrected chi connectivity index (χ2v) is 13.0. The third kappa shape index (κ3) is 23.6. The van der Waals surface area contributed by atoms with Gasteiger partial charge in [0.15, 0.2) is 0 Å². The van der Waals surface area contributed by atoms with Crippen LogP contribution in [0.2, 0.25) is 0 Å². The number of unbranched alkanes of at least 4 members (excludes halogenated alkanes) is 25. The average molecular weight is 592 g/mol. The number of hydrogen-bond donors (Lipinski definition) is 1. The predicted molar refractivity (Wildman–Crippen MR) is 182 cm³/mol. The van der Waals surface area contributed by atoms with Gasteiger partial charge >= 0.3 is 0 Å². The zero-order chi connectivity index (χ0) is 30.2. The lowest BCUT2D eigenvalue weighted by atomic mass is 10.0. The number of aliphatic hydroxyl groups is 1. The topological polar surface area (TPSA) is 38.3 Å². The van der Waals surface area contributed by atoms with Gasteiger partial charge in [0.05, 0.1) is 13.2 Å². The van der Waals surface area contributed by atoms with Gasteiger partial charge in [-0.3, -0.25) is 0 Å². The molecule has 0 spiro atoms. The molecular formula is C38H75N2O2+. The smallest absolute Gasteiger partial charge is 0.256 e. The van der Waals surface area contributed by atoms with Gasteiger partial charge < -0.3 is 9.84 Å². The van der Waals surface area contributed by atoms with Gasteiger partial charge in [-0.1, -0.05) is 174 Å². The molecule has 0 saturated heterocycles. The van der Waals surface area contributed by atoms with E-state index in [1.54, 1.807) is 0 Å². The molecule has 4 heteroatoms. The van der Waals surface area contributed by atoms with E-state index in [1.165, 1.54) is 179 Å². The molecule has 248 valence electrons. The van der Waals surface area contributed by atoms with Crippen LogP contribution in [0.1, 0.15) is 193 Å². The predicted octanol–water partition coefficient (Wildman–Crippen LogP) is 10.9. The highest BCUT2D eigenvalue weighted by molar-refractivity contribution is 4.84. The van der Waals surface area contributed by atoms with Crippen LogP contribution in [-0.4, -0.2) is 29.5 Å². The van der Waals surface area contributed by atoms with E-state index >= 15 is 0 Å². The summed E-state index contributed by atoms with van der Waals surface area (Å²) < 4.78 is 10.6. The Balaban J connectivity index is 2.01. The van der Waals surface area contributed by atoms with Crippen LogP contribution in [-0.2, 0) is 24.2 Å². The van der Waals surface area contributed by atoms with Gasteiger partial charge in [-0.25, -0.2) is 9.13 Å². The van der Waals surface area contributed by atoms with Gasteiger partial charge in [0, 0.05) is 13.0 Å². The minimum atomic E-state index is 0.204. The van der Waals surface area contributed by atoms with Crippen LogP contribution < -0.4 is 4.57 Å². The molecule has 0 radical (unpaired) electrons. The summed E-state index contributed by atoms with van der Waals surface area (Å²) in [5.74, 6) is 1.35. The van der Waals surface area contributed by atoms with Gasteiger partial charge in [0.2, 0.25) is 0 Å². The van der Waals surface area contributed by atoms with Crippen molar-refractivity contribution in [1.29, 1.82) is 0 Å². The van der Waals surface area contributed by atoms with Crippen molar-refractivity contribution in [2.75, 3.05) is 19.8 Å². The Morgan fingerprint density at radius 1 is 0.548 bits per heavy atom. The Morgan fingerprint density at radius 3 is 1.38 bits per heavy atom. The highest BCUT2D eigenvalue weighted by Crippen LogP contribution is 2.15. The average Bonchev–Trinajstić information content (AvgIpc) is 3.38. The van der Waals surface area contributed by atoms with Crippen molar-refractivity contribution in [3.8, 4) is 0 Å². The van der Waals surface area contributed by atoms with Crippen LogP contribution in [0.5, 0.6) is 0 Å². The van der Waals surface area contributed by atoms with Crippen molar-refractivity contribution in [2.45, 2.75) is 207 Å². The summed E-state index contributed by atoms with van der Waals surface area (Å²) in [7, 11) is 0. The molecule has 0 amide bonds. The highest BCUT2D eigenvalue weighted by Gasteiger charge is 2.16. The molecule has 0 aliphatic carbocycles. The minimum absolute atomic E-state index is 0.204. The largest absolute Gasteiger partial charge is 0.392 e. The first-order valence-corrected chi connectivity index (χ1v) is 19.1. The highest BCUT2D eigenvalue weighted by atomic mass is 16.5. The molecular weight excluding hydrogens is 516 g/mol. The fourth-order valence-electron chi connectivity index (χ4n) is 6.26. The van der Waals surface area contributed by atoms with Crippen LogP contribution in [0, 0.1) is 0 Å². The molecule has 0 atom stereocenters. The quantitative estimate of drug-likeness (QED) is 0.0639. The Hall–Kier alpha value is -0.870. The molecule has 4 nitrogen and oxygen atoms in total. The molecule has 1 N–H and O–H groups in total. The van der Waals surface area contributed by atoms with Crippen LogP contribution in [0.3, 0.4) is 0 Å². The molecule has 0 fully saturated rings. The van der Waals surface area contributed by atoms with E-state index in [9.17, 15) is 5.11 Å². The molecule has 0 aromatic carbocycles. The lowest BCUT2D eigenvalue weighted by molar-refractivity contribution is -0.705. The zero-order valence-electron chi connectivity index (χ0n) is 28.7. The normalized spacial score (nSPS) is 11.6. The molecule has 1 rings (SSSR count). The van der Waals surface area contributed by atoms with Crippen LogP contribution in [0.25, 0.3) is 0 Å². The van der Waals surface area contributed by atoms with Gasteiger partial charge in [-0.2, -0.15) is 0 Å². The summed E-state index contributed by atoms with van der Waals surface area (Å²) in [6.45, 7) is 8.09. The molecule has 1 aromatic heterocycles. The molecule has 0 aliphatic rings. The zero-order valence-corrected chi connectivity index (χ0v) is 28.7. The van der Waals surface area contributed by atoms with E-state index in [2.05, 4.69) is 35.4 Å². The Bertz CT molecular complexity index is 660. The third-order valence-electron chi connectivity index (χ3n) is 9.05. The fourth-order valence-corrected chi connectivity index (χ4v) is 6.26. The summed E-state index contributed by atoms with van der Waals surface area (Å²) in [5, 5.41) is 9.51. The summed E-state index contributed by atoms with van der Waals surface area (Å²) in [6, 6.07) is 0. The number of aromatic nitrogens is 2. The molecule has 0 saturated carbocycles. The standard InChI is InChI=1S/C38H75N2O2/c1-3-5-7-9-11-13-15-17-19-21-23-25-27-29-36-42-37-34-40-32-31-39(33-35-41)38(40)30-28-26-24-22-20-18-16-14-12-10-8-6-4-2/h31-32,41H,3-30,33-37H2,1-2H3/q+1. The summed E-state index contributed by atoms with van der Waals surface area (Å²) in [6.07, 6.45) is 43.1. The number of ether oxygens (including phenoxy) is 1. The van der Waals surface area contributed by atoms with Crippen molar-refractivity contribution in [3.05, 3.63) is 18.2 Å². The van der Waals surface area contributed by atoms with E-state index in [-0.39, 0.29) is 6.61 Å². The molecule has 1 heterocycles. The van der Waals surface area contributed by atoms with Gasteiger partial charge in [0.25, 0.3) is 5.82 Å². The SMILES string of the molecule is CCCCCCCCCCCCCCCCOCCn1cc[n+](CCO)c1CCCCCCCCCCCCCCC. The van der Waals surface area contributed by atoms with Gasteiger partial charge in [0.1, 0.15) is 25.5 Å². The third-order valence-corrected chi connectivity index (χ3v) is 9.05. The van der Waals surface area contributed by atoms with E-state index in [0.29, 0.717) is 6.54 Å². The lowest BCUT2D eigenvalue weighted by Crippen LogP contribution is -2.39. The van der Waals surface area contributed by atoms with Crippen molar-refractivity contribution >= 4 is 0 Å². The van der Waals surface area contributed by atoms with Gasteiger partial charge in [-0.15, -0.1) is 0 Å². The Morgan fingerprint density at radius 2 is 0.952 bits per heavy atom. The van der Waals surface area contributed by atoms with E-state index in [0.717, 1.165) is 26.2 Å². The van der Waals surface area contributed by atoms with Crippen molar-refractivity contribution < 1.29 is 14.4 Å². The molecule has 0 aliphatic heterocycles. The summed E-state index contributed by atoms with van der Waals surface area (Å²) in [5.41, 5.74) is 0. The second-order valence-electron chi connectivity index (χ2n) is 13.0. The van der Waals surface area contributed by atoms with E-state index in [1.807, 2.05) is 0 Å².